The van der Waals surface area contributed by atoms with Crippen molar-refractivity contribution in [3.63, 3.8) is 0 Å². The van der Waals surface area contributed by atoms with E-state index in [2.05, 4.69) is 5.18 Å². The van der Waals surface area contributed by atoms with Gasteiger partial charge in [0, 0.05) is 10.6 Å². The third-order valence-corrected chi connectivity index (χ3v) is 4.97. The molecule has 0 aliphatic carbocycles. The summed E-state index contributed by atoms with van der Waals surface area (Å²) in [5.41, 5.74) is 1.51. The van der Waals surface area contributed by atoms with E-state index in [1.807, 2.05) is 12.1 Å². The predicted octanol–water partition coefficient (Wildman–Crippen LogP) is 7.86. The van der Waals surface area contributed by atoms with Crippen LogP contribution in [-0.4, -0.2) is 0 Å². The maximum atomic E-state index is 13.2. The van der Waals surface area contributed by atoms with Gasteiger partial charge in [0.15, 0.2) is 0 Å². The second-order valence-corrected chi connectivity index (χ2v) is 7.07. The lowest BCUT2D eigenvalue weighted by Gasteiger charge is -2.15. The zero-order valence-corrected chi connectivity index (χ0v) is 15.9. The van der Waals surface area contributed by atoms with Crippen LogP contribution in [0.15, 0.2) is 65.8 Å². The zero-order chi connectivity index (χ0) is 20.3. The van der Waals surface area contributed by atoms with E-state index in [9.17, 15) is 18.1 Å². The molecule has 0 saturated carbocycles. The summed E-state index contributed by atoms with van der Waals surface area (Å²) in [6, 6.07) is 15.8. The zero-order valence-electron chi connectivity index (χ0n) is 14.4. The fourth-order valence-corrected chi connectivity index (χ4v) is 3.38. The summed E-state index contributed by atoms with van der Waals surface area (Å²) >= 11 is 11.6. The van der Waals surface area contributed by atoms with Crippen LogP contribution in [0.4, 0.5) is 18.9 Å². The van der Waals surface area contributed by atoms with Gasteiger partial charge in [-0.25, -0.2) is 0 Å². The third kappa shape index (κ3) is 4.54. The van der Waals surface area contributed by atoms with Crippen LogP contribution >= 0.6 is 23.2 Å². The van der Waals surface area contributed by atoms with Crippen LogP contribution in [0.5, 0.6) is 0 Å². The van der Waals surface area contributed by atoms with Crippen molar-refractivity contribution < 1.29 is 13.2 Å². The summed E-state index contributed by atoms with van der Waals surface area (Å²) in [5.74, 6) is 0. The monoisotopic (exact) mass is 423 g/mol. The highest BCUT2D eigenvalue weighted by molar-refractivity contribution is 6.31. The number of alkyl halides is 3. The summed E-state index contributed by atoms with van der Waals surface area (Å²) in [5, 5.41) is 3.24. The molecule has 0 unspecified atom stereocenters. The van der Waals surface area contributed by atoms with Crippen molar-refractivity contribution in [1.82, 2.24) is 0 Å². The van der Waals surface area contributed by atoms with E-state index in [0.29, 0.717) is 23.4 Å². The SMILES string of the molecule is O=Nc1cccc(CCc2ccc(Cl)cc2)c1-c1ccc(Cl)c(C(F)(F)F)c1. The molecular weight excluding hydrogens is 410 g/mol. The van der Waals surface area contributed by atoms with E-state index in [-0.39, 0.29) is 11.3 Å². The van der Waals surface area contributed by atoms with Crippen LogP contribution in [0.3, 0.4) is 0 Å². The number of nitroso groups, excluding NO2 is 1. The Hall–Kier alpha value is -2.37. The van der Waals surface area contributed by atoms with E-state index in [0.717, 1.165) is 17.2 Å². The molecule has 28 heavy (non-hydrogen) atoms. The van der Waals surface area contributed by atoms with Gasteiger partial charge in [0.1, 0.15) is 5.69 Å². The van der Waals surface area contributed by atoms with Gasteiger partial charge in [0.05, 0.1) is 10.6 Å². The molecule has 0 atom stereocenters. The molecule has 3 aromatic rings. The Bertz CT molecular complexity index is 1000. The van der Waals surface area contributed by atoms with Crippen LogP contribution in [0.25, 0.3) is 11.1 Å². The average molecular weight is 424 g/mol. The first kappa shape index (κ1) is 20.4. The molecule has 0 bridgehead atoms. The van der Waals surface area contributed by atoms with Gasteiger partial charge in [-0.05, 0) is 65.0 Å². The second-order valence-electron chi connectivity index (χ2n) is 6.22. The van der Waals surface area contributed by atoms with Gasteiger partial charge in [-0.15, -0.1) is 4.91 Å². The van der Waals surface area contributed by atoms with Gasteiger partial charge in [-0.3, -0.25) is 0 Å². The molecule has 0 aliphatic heterocycles. The van der Waals surface area contributed by atoms with Crippen molar-refractivity contribution in [1.29, 1.82) is 0 Å². The van der Waals surface area contributed by atoms with Gasteiger partial charge in [0.25, 0.3) is 0 Å². The Morgan fingerprint density at radius 3 is 2.25 bits per heavy atom. The van der Waals surface area contributed by atoms with Crippen LogP contribution in [0.2, 0.25) is 10.0 Å². The normalized spacial score (nSPS) is 11.5. The Labute approximate surface area is 169 Å². The maximum Gasteiger partial charge on any atom is 0.417 e. The van der Waals surface area contributed by atoms with Crippen LogP contribution in [0.1, 0.15) is 16.7 Å². The van der Waals surface area contributed by atoms with E-state index < -0.39 is 16.8 Å². The topological polar surface area (TPSA) is 29.4 Å². The smallest absolute Gasteiger partial charge is 0.166 e. The van der Waals surface area contributed by atoms with E-state index in [4.69, 9.17) is 23.2 Å². The van der Waals surface area contributed by atoms with Gasteiger partial charge >= 0.3 is 6.18 Å². The lowest BCUT2D eigenvalue weighted by molar-refractivity contribution is -0.137. The summed E-state index contributed by atoms with van der Waals surface area (Å²) < 4.78 is 39.7. The Morgan fingerprint density at radius 1 is 0.893 bits per heavy atom. The van der Waals surface area contributed by atoms with Crippen molar-refractivity contribution in [2.24, 2.45) is 5.18 Å². The quantitative estimate of drug-likeness (QED) is 0.384. The first-order valence-electron chi connectivity index (χ1n) is 8.36. The highest BCUT2D eigenvalue weighted by Gasteiger charge is 2.33. The molecule has 7 heteroatoms. The number of benzene rings is 3. The van der Waals surface area contributed by atoms with Gasteiger partial charge in [-0.1, -0.05) is 53.5 Å². The van der Waals surface area contributed by atoms with Crippen molar-refractivity contribution in [2.45, 2.75) is 19.0 Å². The van der Waals surface area contributed by atoms with Crippen molar-refractivity contribution in [2.75, 3.05) is 0 Å². The van der Waals surface area contributed by atoms with Crippen LogP contribution < -0.4 is 0 Å². The molecule has 144 valence electrons. The van der Waals surface area contributed by atoms with Crippen LogP contribution in [-0.2, 0) is 19.0 Å². The number of halogens is 5. The molecule has 3 aromatic carbocycles. The number of hydrogen-bond donors (Lipinski definition) is 0. The fourth-order valence-electron chi connectivity index (χ4n) is 3.03. The van der Waals surface area contributed by atoms with Gasteiger partial charge in [0.2, 0.25) is 0 Å². The first-order valence-corrected chi connectivity index (χ1v) is 9.12. The molecule has 0 aromatic heterocycles. The molecule has 0 aliphatic rings. The molecule has 0 fully saturated rings. The lowest BCUT2D eigenvalue weighted by atomic mass is 9.92. The number of rotatable bonds is 5. The highest BCUT2D eigenvalue weighted by atomic mass is 35.5. The maximum absolute atomic E-state index is 13.2. The first-order chi connectivity index (χ1) is 13.3. The second kappa shape index (κ2) is 8.33. The molecule has 0 saturated heterocycles. The van der Waals surface area contributed by atoms with Gasteiger partial charge < -0.3 is 0 Å². The molecule has 0 spiro atoms. The minimum Gasteiger partial charge on any atom is -0.166 e. The van der Waals surface area contributed by atoms with E-state index in [1.54, 1.807) is 24.3 Å². The molecule has 0 radical (unpaired) electrons. The Balaban J connectivity index is 2.03. The fraction of sp³-hybridized carbons (Fsp3) is 0.143. The number of hydrogen-bond acceptors (Lipinski definition) is 2. The summed E-state index contributed by atoms with van der Waals surface area (Å²) in [6.45, 7) is 0. The minimum atomic E-state index is -4.60. The van der Waals surface area contributed by atoms with Crippen molar-refractivity contribution in [3.8, 4) is 11.1 Å². The molecular formula is C21H14Cl2F3NO. The largest absolute Gasteiger partial charge is 0.417 e. The van der Waals surface area contributed by atoms with Gasteiger partial charge in [-0.2, -0.15) is 13.2 Å². The number of nitrogens with zero attached hydrogens (tertiary/aromatic N) is 1. The summed E-state index contributed by atoms with van der Waals surface area (Å²) in [7, 11) is 0. The Kier molecular flexibility index (Phi) is 6.06. The van der Waals surface area contributed by atoms with E-state index >= 15 is 0 Å². The minimum absolute atomic E-state index is 0.0871. The third-order valence-electron chi connectivity index (χ3n) is 4.38. The highest BCUT2D eigenvalue weighted by Crippen LogP contribution is 2.40. The molecule has 3 rings (SSSR count). The number of aryl methyl sites for hydroxylation is 2. The van der Waals surface area contributed by atoms with Crippen molar-refractivity contribution in [3.05, 3.63) is 92.3 Å². The predicted molar refractivity (Wildman–Crippen MR) is 106 cm³/mol. The molecule has 2 nitrogen and oxygen atoms in total. The summed E-state index contributed by atoms with van der Waals surface area (Å²) in [4.78, 5) is 11.3. The molecule has 0 amide bonds. The lowest BCUT2D eigenvalue weighted by Crippen LogP contribution is -2.06. The van der Waals surface area contributed by atoms with Crippen LogP contribution in [0, 0.1) is 4.91 Å². The van der Waals surface area contributed by atoms with Crippen molar-refractivity contribution >= 4 is 28.9 Å². The van der Waals surface area contributed by atoms with E-state index in [1.165, 1.54) is 18.2 Å². The molecule has 0 N–H and O–H groups in total. The summed E-state index contributed by atoms with van der Waals surface area (Å²) in [6.07, 6.45) is -3.45. The average Bonchev–Trinajstić information content (AvgIpc) is 2.67. The Morgan fingerprint density at radius 2 is 1.61 bits per heavy atom. The standard InChI is InChI=1S/C21H14Cl2F3NO/c22-16-9-5-13(6-10-16)4-7-14-2-1-3-19(27-28)20(14)15-8-11-18(23)17(12-15)21(24,25)26/h1-3,5-6,8-12H,4,7H2. The molecule has 0 heterocycles.